The van der Waals surface area contributed by atoms with Crippen LogP contribution < -0.4 is 5.73 Å². The molecule has 5 heteroatoms. The van der Waals surface area contributed by atoms with Gasteiger partial charge in [0.1, 0.15) is 0 Å². The molecule has 0 aromatic carbocycles. The third-order valence-corrected chi connectivity index (χ3v) is 4.91. The molecule has 2 amide bonds. The van der Waals surface area contributed by atoms with Gasteiger partial charge in [-0.3, -0.25) is 9.59 Å². The minimum Gasteiger partial charge on any atom is -0.369 e. The summed E-state index contributed by atoms with van der Waals surface area (Å²) in [6, 6.07) is 0. The SMILES string of the molecule is CN1CCN(C(=O)C2=CC3=C(C2)C(C(N)=O)CCC3)CC1. The van der Waals surface area contributed by atoms with E-state index in [1.807, 2.05) is 11.0 Å². The number of amides is 2. The highest BCUT2D eigenvalue weighted by atomic mass is 16.2. The molecule has 1 atom stereocenters. The van der Waals surface area contributed by atoms with E-state index < -0.39 is 0 Å². The van der Waals surface area contributed by atoms with Crippen molar-refractivity contribution in [3.05, 3.63) is 22.8 Å². The van der Waals surface area contributed by atoms with E-state index in [1.165, 1.54) is 5.57 Å². The maximum atomic E-state index is 12.6. The quantitative estimate of drug-likeness (QED) is 0.812. The summed E-state index contributed by atoms with van der Waals surface area (Å²) < 4.78 is 0. The molecule has 0 aromatic rings. The van der Waals surface area contributed by atoms with Crippen LogP contribution in [0.15, 0.2) is 22.8 Å². The lowest BCUT2D eigenvalue weighted by molar-refractivity contribution is -0.128. The van der Waals surface area contributed by atoms with Crippen molar-refractivity contribution in [2.75, 3.05) is 33.2 Å². The first kappa shape index (κ1) is 14.3. The third kappa shape index (κ3) is 2.75. The van der Waals surface area contributed by atoms with E-state index in [0.717, 1.165) is 56.6 Å². The van der Waals surface area contributed by atoms with E-state index in [4.69, 9.17) is 5.73 Å². The first-order valence-corrected chi connectivity index (χ1v) is 7.76. The molecule has 1 aliphatic heterocycles. The second kappa shape index (κ2) is 5.64. The first-order valence-electron chi connectivity index (χ1n) is 7.76. The molecule has 2 N–H and O–H groups in total. The molecular formula is C16H23N3O2. The highest BCUT2D eigenvalue weighted by Gasteiger charge is 2.33. The molecule has 1 fully saturated rings. The largest absolute Gasteiger partial charge is 0.369 e. The van der Waals surface area contributed by atoms with Gasteiger partial charge >= 0.3 is 0 Å². The van der Waals surface area contributed by atoms with Crippen LogP contribution in [0.4, 0.5) is 0 Å². The molecule has 5 nitrogen and oxygen atoms in total. The number of carbonyl (C=O) groups is 2. The van der Waals surface area contributed by atoms with Crippen LogP contribution in [0.3, 0.4) is 0 Å². The molecule has 0 bridgehead atoms. The van der Waals surface area contributed by atoms with E-state index in [9.17, 15) is 9.59 Å². The first-order chi connectivity index (χ1) is 10.1. The normalized spacial score (nSPS) is 26.6. The fourth-order valence-corrected chi connectivity index (χ4v) is 3.59. The average molecular weight is 289 g/mol. The minimum absolute atomic E-state index is 0.140. The zero-order valence-corrected chi connectivity index (χ0v) is 12.6. The van der Waals surface area contributed by atoms with E-state index in [-0.39, 0.29) is 17.7 Å². The van der Waals surface area contributed by atoms with Gasteiger partial charge in [-0.15, -0.1) is 0 Å². The van der Waals surface area contributed by atoms with E-state index >= 15 is 0 Å². The van der Waals surface area contributed by atoms with E-state index in [0.29, 0.717) is 6.42 Å². The van der Waals surface area contributed by atoms with Gasteiger partial charge in [0.15, 0.2) is 0 Å². The van der Waals surface area contributed by atoms with Crippen molar-refractivity contribution in [3.63, 3.8) is 0 Å². The van der Waals surface area contributed by atoms with E-state index in [1.54, 1.807) is 0 Å². The number of nitrogens with zero attached hydrogens (tertiary/aromatic N) is 2. The van der Waals surface area contributed by atoms with Gasteiger partial charge in [0.2, 0.25) is 11.8 Å². The monoisotopic (exact) mass is 289 g/mol. The number of hydrogen-bond donors (Lipinski definition) is 1. The molecule has 0 radical (unpaired) electrons. The summed E-state index contributed by atoms with van der Waals surface area (Å²) in [6.07, 6.45) is 5.43. The Balaban J connectivity index is 1.70. The Hall–Kier alpha value is -1.62. The molecule has 21 heavy (non-hydrogen) atoms. The smallest absolute Gasteiger partial charge is 0.250 e. The lowest BCUT2D eigenvalue weighted by atomic mass is 9.83. The predicted molar refractivity (Wildman–Crippen MR) is 80.3 cm³/mol. The van der Waals surface area contributed by atoms with Crippen LogP contribution >= 0.6 is 0 Å². The lowest BCUT2D eigenvalue weighted by Crippen LogP contribution is -2.47. The van der Waals surface area contributed by atoms with Crippen LogP contribution in [0.5, 0.6) is 0 Å². The van der Waals surface area contributed by atoms with Gasteiger partial charge < -0.3 is 15.5 Å². The fraction of sp³-hybridized carbons (Fsp3) is 0.625. The molecule has 3 rings (SSSR count). The van der Waals surface area contributed by atoms with Crippen molar-refractivity contribution in [2.45, 2.75) is 25.7 Å². The molecule has 114 valence electrons. The summed E-state index contributed by atoms with van der Waals surface area (Å²) in [6.45, 7) is 3.43. The van der Waals surface area contributed by atoms with Gasteiger partial charge in [0.05, 0.1) is 5.92 Å². The van der Waals surface area contributed by atoms with Gasteiger partial charge in [-0.2, -0.15) is 0 Å². The second-order valence-corrected chi connectivity index (χ2v) is 6.34. The number of likely N-dealkylation sites (N-methyl/N-ethyl adjacent to an activating group) is 1. The summed E-state index contributed by atoms with van der Waals surface area (Å²) >= 11 is 0. The number of rotatable bonds is 2. The Bertz CT molecular complexity index is 528. The Kier molecular flexibility index (Phi) is 3.85. The summed E-state index contributed by atoms with van der Waals surface area (Å²) in [7, 11) is 2.08. The van der Waals surface area contributed by atoms with Crippen LogP contribution in [-0.4, -0.2) is 54.8 Å². The van der Waals surface area contributed by atoms with Crippen molar-refractivity contribution < 1.29 is 9.59 Å². The number of piperazine rings is 1. The minimum atomic E-state index is -0.246. The second-order valence-electron chi connectivity index (χ2n) is 6.34. The van der Waals surface area contributed by atoms with Crippen LogP contribution in [0, 0.1) is 5.92 Å². The van der Waals surface area contributed by atoms with Crippen LogP contribution in [0.1, 0.15) is 25.7 Å². The van der Waals surface area contributed by atoms with Gasteiger partial charge in [0.25, 0.3) is 0 Å². The van der Waals surface area contributed by atoms with E-state index in [2.05, 4.69) is 11.9 Å². The van der Waals surface area contributed by atoms with Gasteiger partial charge in [-0.1, -0.05) is 11.6 Å². The topological polar surface area (TPSA) is 66.6 Å². The fourth-order valence-electron chi connectivity index (χ4n) is 3.59. The van der Waals surface area contributed by atoms with Crippen LogP contribution in [-0.2, 0) is 9.59 Å². The van der Waals surface area contributed by atoms with Crippen molar-refractivity contribution >= 4 is 11.8 Å². The molecule has 1 saturated heterocycles. The molecule has 1 unspecified atom stereocenters. The molecule has 0 aromatic heterocycles. The zero-order valence-electron chi connectivity index (χ0n) is 12.6. The standard InChI is InChI=1S/C16H23N3O2/c1-18-5-7-19(8-6-18)16(21)12-9-11-3-2-4-13(15(17)20)14(11)10-12/h9,13H,2-8,10H2,1H3,(H2,17,20). The number of allylic oxidation sites excluding steroid dienone is 2. The van der Waals surface area contributed by atoms with Crippen molar-refractivity contribution in [2.24, 2.45) is 11.7 Å². The number of primary amides is 1. The Morgan fingerprint density at radius 3 is 2.62 bits per heavy atom. The Morgan fingerprint density at radius 2 is 1.95 bits per heavy atom. The van der Waals surface area contributed by atoms with Gasteiger partial charge in [-0.25, -0.2) is 0 Å². The Labute approximate surface area is 125 Å². The van der Waals surface area contributed by atoms with Crippen molar-refractivity contribution in [1.82, 2.24) is 9.80 Å². The average Bonchev–Trinajstić information content (AvgIpc) is 2.90. The molecule has 2 aliphatic carbocycles. The lowest BCUT2D eigenvalue weighted by Gasteiger charge is -2.32. The molecular weight excluding hydrogens is 266 g/mol. The molecule has 3 aliphatic rings. The summed E-state index contributed by atoms with van der Waals surface area (Å²) in [5.41, 5.74) is 8.64. The highest BCUT2D eigenvalue weighted by molar-refractivity contribution is 5.96. The molecule has 0 spiro atoms. The zero-order chi connectivity index (χ0) is 15.0. The third-order valence-electron chi connectivity index (χ3n) is 4.91. The number of hydrogen-bond acceptors (Lipinski definition) is 3. The summed E-state index contributed by atoms with van der Waals surface area (Å²) in [5, 5.41) is 0. The van der Waals surface area contributed by atoms with Crippen LogP contribution in [0.25, 0.3) is 0 Å². The van der Waals surface area contributed by atoms with Crippen molar-refractivity contribution in [3.8, 4) is 0 Å². The summed E-state index contributed by atoms with van der Waals surface area (Å²) in [5.74, 6) is -0.271. The van der Waals surface area contributed by atoms with Crippen LogP contribution in [0.2, 0.25) is 0 Å². The summed E-state index contributed by atoms with van der Waals surface area (Å²) in [4.78, 5) is 28.4. The van der Waals surface area contributed by atoms with Crippen molar-refractivity contribution in [1.29, 1.82) is 0 Å². The number of carbonyl (C=O) groups excluding carboxylic acids is 2. The van der Waals surface area contributed by atoms with Gasteiger partial charge in [-0.05, 0) is 31.9 Å². The predicted octanol–water partition coefficient (Wildman–Crippen LogP) is 0.672. The van der Waals surface area contributed by atoms with Gasteiger partial charge in [0, 0.05) is 38.2 Å². The maximum absolute atomic E-state index is 12.6. The molecule has 1 heterocycles. The molecule has 0 saturated carbocycles. The maximum Gasteiger partial charge on any atom is 0.250 e. The Morgan fingerprint density at radius 1 is 1.24 bits per heavy atom. The highest BCUT2D eigenvalue weighted by Crippen LogP contribution is 2.40. The number of nitrogens with two attached hydrogens (primary N) is 1.